The molecule has 1 N–H and O–H groups in total. The van der Waals surface area contributed by atoms with Crippen LogP contribution in [0.1, 0.15) is 45.1 Å². The Morgan fingerprint density at radius 3 is 2.43 bits per heavy atom. The van der Waals surface area contributed by atoms with Crippen molar-refractivity contribution in [2.24, 2.45) is 16.7 Å². The van der Waals surface area contributed by atoms with Crippen LogP contribution < -0.4 is 0 Å². The zero-order chi connectivity index (χ0) is 14.8. The molecular formula is C20H24O. The maximum Gasteiger partial charge on any atom is 0.0647 e. The molecule has 110 valence electrons. The van der Waals surface area contributed by atoms with Gasteiger partial charge in [-0.05, 0) is 45.9 Å². The molecule has 4 rings (SSSR count). The summed E-state index contributed by atoms with van der Waals surface area (Å²) in [4.78, 5) is 0. The number of hydrogen-bond acceptors (Lipinski definition) is 1. The van der Waals surface area contributed by atoms with Gasteiger partial charge in [-0.2, -0.15) is 0 Å². The summed E-state index contributed by atoms with van der Waals surface area (Å²) in [5.41, 5.74) is 1.76. The first-order valence-electron chi connectivity index (χ1n) is 8.12. The average Bonchev–Trinajstić information content (AvgIpc) is 2.77. The highest BCUT2D eigenvalue weighted by Crippen LogP contribution is 2.71. The van der Waals surface area contributed by atoms with Crippen LogP contribution in [-0.4, -0.2) is 11.2 Å². The van der Waals surface area contributed by atoms with Gasteiger partial charge in [0.05, 0.1) is 6.10 Å². The first kappa shape index (κ1) is 13.3. The van der Waals surface area contributed by atoms with Crippen molar-refractivity contribution in [3.63, 3.8) is 0 Å². The first-order valence-corrected chi connectivity index (χ1v) is 8.12. The molecule has 2 aromatic rings. The Morgan fingerprint density at radius 1 is 1.00 bits per heavy atom. The van der Waals surface area contributed by atoms with Gasteiger partial charge in [0.1, 0.15) is 0 Å². The summed E-state index contributed by atoms with van der Waals surface area (Å²) in [6.45, 7) is 7.12. The molecule has 4 atom stereocenters. The fourth-order valence-electron chi connectivity index (χ4n) is 5.37. The maximum atomic E-state index is 11.0. The predicted octanol–water partition coefficient (Wildman–Crippen LogP) is 4.74. The number of fused-ring (bicyclic) bond motifs is 3. The average molecular weight is 280 g/mol. The van der Waals surface area contributed by atoms with Crippen molar-refractivity contribution in [1.82, 2.24) is 0 Å². The van der Waals surface area contributed by atoms with Crippen LogP contribution in [0.5, 0.6) is 0 Å². The summed E-state index contributed by atoms with van der Waals surface area (Å²) >= 11 is 0. The molecular weight excluding hydrogens is 256 g/mol. The SMILES string of the molecule is CC1(C)[C@H]2CC[C@]1(C)[C@@H](c1cccc3ccccc13)[C@H]2O. The molecule has 2 aliphatic rings. The van der Waals surface area contributed by atoms with Gasteiger partial charge in [-0.3, -0.25) is 0 Å². The third kappa shape index (κ3) is 1.51. The fourth-order valence-corrected chi connectivity index (χ4v) is 5.37. The van der Waals surface area contributed by atoms with E-state index in [1.54, 1.807) is 0 Å². The van der Waals surface area contributed by atoms with Crippen LogP contribution in [0.3, 0.4) is 0 Å². The van der Waals surface area contributed by atoms with Crippen LogP contribution in [-0.2, 0) is 0 Å². The molecule has 2 aliphatic carbocycles. The van der Waals surface area contributed by atoms with Crippen LogP contribution in [0.15, 0.2) is 42.5 Å². The van der Waals surface area contributed by atoms with Gasteiger partial charge in [0, 0.05) is 5.92 Å². The normalized spacial score (nSPS) is 37.2. The van der Waals surface area contributed by atoms with E-state index in [0.29, 0.717) is 5.92 Å². The molecule has 21 heavy (non-hydrogen) atoms. The highest BCUT2D eigenvalue weighted by Gasteiger charge is 2.66. The van der Waals surface area contributed by atoms with E-state index >= 15 is 0 Å². The second-order valence-corrected chi connectivity index (χ2v) is 7.82. The minimum atomic E-state index is -0.204. The van der Waals surface area contributed by atoms with E-state index in [-0.39, 0.29) is 22.9 Å². The number of aliphatic hydroxyl groups excluding tert-OH is 1. The van der Waals surface area contributed by atoms with E-state index in [0.717, 1.165) is 0 Å². The topological polar surface area (TPSA) is 20.2 Å². The van der Waals surface area contributed by atoms with Crippen molar-refractivity contribution in [2.45, 2.75) is 45.6 Å². The third-order valence-corrected chi connectivity index (χ3v) is 6.97. The number of aliphatic hydroxyl groups is 1. The van der Waals surface area contributed by atoms with Gasteiger partial charge in [-0.1, -0.05) is 63.2 Å². The Labute approximate surface area is 127 Å². The third-order valence-electron chi connectivity index (χ3n) is 6.97. The van der Waals surface area contributed by atoms with Gasteiger partial charge < -0.3 is 5.11 Å². The first-order chi connectivity index (χ1) is 9.97. The number of benzene rings is 2. The number of rotatable bonds is 1. The molecule has 1 nitrogen and oxygen atoms in total. The summed E-state index contributed by atoms with van der Waals surface area (Å²) in [7, 11) is 0. The minimum absolute atomic E-state index is 0.196. The molecule has 0 saturated heterocycles. The lowest BCUT2D eigenvalue weighted by molar-refractivity contribution is 0.0737. The molecule has 2 saturated carbocycles. The highest BCUT2D eigenvalue weighted by atomic mass is 16.3. The van der Waals surface area contributed by atoms with E-state index in [4.69, 9.17) is 0 Å². The molecule has 2 fully saturated rings. The molecule has 0 aliphatic heterocycles. The number of hydrogen-bond donors (Lipinski definition) is 1. The Bertz CT molecular complexity index is 697. The van der Waals surface area contributed by atoms with Crippen molar-refractivity contribution in [3.05, 3.63) is 48.0 Å². The minimum Gasteiger partial charge on any atom is -0.392 e. The van der Waals surface area contributed by atoms with Crippen molar-refractivity contribution < 1.29 is 5.11 Å². The van der Waals surface area contributed by atoms with Crippen LogP contribution in [0.25, 0.3) is 10.8 Å². The van der Waals surface area contributed by atoms with Gasteiger partial charge in [-0.15, -0.1) is 0 Å². The second kappa shape index (κ2) is 4.10. The van der Waals surface area contributed by atoms with Crippen molar-refractivity contribution in [3.8, 4) is 0 Å². The molecule has 0 spiro atoms. The summed E-state index contributed by atoms with van der Waals surface area (Å²) in [5, 5.41) is 13.6. The summed E-state index contributed by atoms with van der Waals surface area (Å²) in [6, 6.07) is 15.1. The molecule has 0 aromatic heterocycles. The van der Waals surface area contributed by atoms with E-state index < -0.39 is 0 Å². The standard InChI is InChI=1S/C20H24O/c1-19(2)16-11-12-20(19,3)17(18(16)21)15-10-6-8-13-7-4-5-9-14(13)15/h4-10,16-18,21H,11-12H2,1-3H3/t16-,17-,18-,20+/m0/s1. The summed E-state index contributed by atoms with van der Waals surface area (Å²) in [5.74, 6) is 0.698. The monoisotopic (exact) mass is 280 g/mol. The fraction of sp³-hybridized carbons (Fsp3) is 0.500. The molecule has 0 unspecified atom stereocenters. The maximum absolute atomic E-state index is 11.0. The molecule has 0 amide bonds. The van der Waals surface area contributed by atoms with Crippen LogP contribution in [0.4, 0.5) is 0 Å². The zero-order valence-corrected chi connectivity index (χ0v) is 13.1. The molecule has 2 aromatic carbocycles. The predicted molar refractivity (Wildman–Crippen MR) is 87.3 cm³/mol. The molecule has 0 radical (unpaired) electrons. The lowest BCUT2D eigenvalue weighted by Gasteiger charge is -2.40. The largest absolute Gasteiger partial charge is 0.392 e. The van der Waals surface area contributed by atoms with Crippen LogP contribution >= 0.6 is 0 Å². The Hall–Kier alpha value is -1.34. The Balaban J connectivity index is 1.94. The van der Waals surface area contributed by atoms with Crippen LogP contribution in [0.2, 0.25) is 0 Å². The highest BCUT2D eigenvalue weighted by molar-refractivity contribution is 5.86. The van der Waals surface area contributed by atoms with Gasteiger partial charge in [0.25, 0.3) is 0 Å². The van der Waals surface area contributed by atoms with Crippen LogP contribution in [0, 0.1) is 16.7 Å². The molecule has 1 heteroatoms. The van der Waals surface area contributed by atoms with Gasteiger partial charge in [-0.25, -0.2) is 0 Å². The molecule has 0 heterocycles. The van der Waals surface area contributed by atoms with Crippen molar-refractivity contribution in [1.29, 1.82) is 0 Å². The Morgan fingerprint density at radius 2 is 1.71 bits per heavy atom. The van der Waals surface area contributed by atoms with Crippen molar-refractivity contribution in [2.75, 3.05) is 0 Å². The quantitative estimate of drug-likeness (QED) is 0.800. The van der Waals surface area contributed by atoms with E-state index in [9.17, 15) is 5.11 Å². The zero-order valence-electron chi connectivity index (χ0n) is 13.1. The van der Waals surface area contributed by atoms with Gasteiger partial charge in [0.15, 0.2) is 0 Å². The second-order valence-electron chi connectivity index (χ2n) is 7.82. The molecule has 2 bridgehead atoms. The van der Waals surface area contributed by atoms with E-state index in [2.05, 4.69) is 63.2 Å². The van der Waals surface area contributed by atoms with E-state index in [1.807, 2.05) is 0 Å². The van der Waals surface area contributed by atoms with Gasteiger partial charge in [0.2, 0.25) is 0 Å². The van der Waals surface area contributed by atoms with Gasteiger partial charge >= 0.3 is 0 Å². The lowest BCUT2D eigenvalue weighted by atomic mass is 9.64. The van der Waals surface area contributed by atoms with Crippen molar-refractivity contribution >= 4 is 10.8 Å². The lowest BCUT2D eigenvalue weighted by Crippen LogP contribution is -2.33. The smallest absolute Gasteiger partial charge is 0.0647 e. The van der Waals surface area contributed by atoms with E-state index in [1.165, 1.54) is 29.2 Å². The summed E-state index contributed by atoms with van der Waals surface area (Å²) in [6.07, 6.45) is 2.20. The summed E-state index contributed by atoms with van der Waals surface area (Å²) < 4.78 is 0. The Kier molecular flexibility index (Phi) is 2.60.